The van der Waals surface area contributed by atoms with Crippen molar-refractivity contribution in [2.75, 3.05) is 44.6 Å². The number of carbonyl (C=O) groups excluding carboxylic acids is 1. The van der Waals surface area contributed by atoms with Crippen LogP contribution in [0.4, 0.5) is 5.69 Å². The predicted molar refractivity (Wildman–Crippen MR) is 155 cm³/mol. The third-order valence-corrected chi connectivity index (χ3v) is 8.02. The van der Waals surface area contributed by atoms with Gasteiger partial charge in [-0.15, -0.1) is 0 Å². The number of likely N-dealkylation sites (tertiary alicyclic amines) is 1. The lowest BCUT2D eigenvalue weighted by Crippen LogP contribution is -2.43. The van der Waals surface area contributed by atoms with Crippen LogP contribution in [0, 0.1) is 0 Å². The summed E-state index contributed by atoms with van der Waals surface area (Å²) in [5.74, 6) is 0.843. The van der Waals surface area contributed by atoms with Gasteiger partial charge in [0.2, 0.25) is 0 Å². The second-order valence-corrected chi connectivity index (χ2v) is 10.8. The number of benzene rings is 2. The highest BCUT2D eigenvalue weighted by Crippen LogP contribution is 2.23. The standard InChI is InChI=1S/C30H38N8O/c1-22-4-2-14-37(22)21-29-34-27-10-9-26(18-28(27)35-29)33-30(39)24-7-5-23(6-8-24)25-19-32-38(20-25)15-3-13-36-16-11-31-12-17-36/h5-10,18-20,22,31H,2-4,11-17,21H2,1H3,(H,33,39)(H,34,35)/t22-/m0/s1. The number of piperazine rings is 1. The van der Waals surface area contributed by atoms with E-state index in [0.29, 0.717) is 11.6 Å². The van der Waals surface area contributed by atoms with Crippen LogP contribution in [0.1, 0.15) is 42.4 Å². The van der Waals surface area contributed by atoms with E-state index in [0.717, 1.165) is 92.5 Å². The minimum Gasteiger partial charge on any atom is -0.341 e. The van der Waals surface area contributed by atoms with Crippen molar-refractivity contribution in [3.63, 3.8) is 0 Å². The first-order valence-corrected chi connectivity index (χ1v) is 14.2. The molecule has 0 aliphatic carbocycles. The molecule has 0 radical (unpaired) electrons. The molecule has 3 N–H and O–H groups in total. The van der Waals surface area contributed by atoms with Gasteiger partial charge in [0.25, 0.3) is 5.91 Å². The number of aromatic nitrogens is 4. The van der Waals surface area contributed by atoms with Crippen molar-refractivity contribution in [1.29, 1.82) is 0 Å². The van der Waals surface area contributed by atoms with E-state index in [9.17, 15) is 4.79 Å². The maximum Gasteiger partial charge on any atom is 0.255 e. The minimum absolute atomic E-state index is 0.130. The Morgan fingerprint density at radius 3 is 2.69 bits per heavy atom. The predicted octanol–water partition coefficient (Wildman–Crippen LogP) is 3.96. The number of H-pyrrole nitrogens is 1. The Kier molecular flexibility index (Phi) is 7.71. The van der Waals surface area contributed by atoms with E-state index in [2.05, 4.69) is 43.6 Å². The molecule has 204 valence electrons. The number of imidazole rings is 1. The van der Waals surface area contributed by atoms with Crippen LogP contribution < -0.4 is 10.6 Å². The van der Waals surface area contributed by atoms with Gasteiger partial charge in [-0.1, -0.05) is 12.1 Å². The lowest BCUT2D eigenvalue weighted by atomic mass is 10.1. The van der Waals surface area contributed by atoms with Gasteiger partial charge in [0.1, 0.15) is 5.82 Å². The first-order valence-electron chi connectivity index (χ1n) is 14.2. The highest BCUT2D eigenvalue weighted by molar-refractivity contribution is 6.05. The van der Waals surface area contributed by atoms with Crippen molar-refractivity contribution < 1.29 is 4.79 Å². The summed E-state index contributed by atoms with van der Waals surface area (Å²) in [6.45, 7) is 10.7. The number of rotatable bonds is 9. The third-order valence-electron chi connectivity index (χ3n) is 8.02. The zero-order valence-electron chi connectivity index (χ0n) is 22.7. The molecule has 4 aromatic rings. The maximum absolute atomic E-state index is 13.0. The van der Waals surface area contributed by atoms with E-state index in [-0.39, 0.29) is 5.91 Å². The van der Waals surface area contributed by atoms with Crippen molar-refractivity contribution in [3.8, 4) is 11.1 Å². The highest BCUT2D eigenvalue weighted by atomic mass is 16.1. The van der Waals surface area contributed by atoms with Crippen LogP contribution in [0.25, 0.3) is 22.2 Å². The molecule has 4 heterocycles. The van der Waals surface area contributed by atoms with E-state index in [4.69, 9.17) is 4.98 Å². The number of fused-ring (bicyclic) bond motifs is 1. The zero-order chi connectivity index (χ0) is 26.6. The Morgan fingerprint density at radius 2 is 1.90 bits per heavy atom. The van der Waals surface area contributed by atoms with E-state index in [1.807, 2.05) is 53.3 Å². The molecule has 39 heavy (non-hydrogen) atoms. The summed E-state index contributed by atoms with van der Waals surface area (Å²) >= 11 is 0. The van der Waals surface area contributed by atoms with Crippen molar-refractivity contribution in [1.82, 2.24) is 34.9 Å². The summed E-state index contributed by atoms with van der Waals surface area (Å²) in [5, 5.41) is 11.0. The molecule has 0 saturated carbocycles. The third kappa shape index (κ3) is 6.21. The number of amides is 1. The minimum atomic E-state index is -0.130. The fraction of sp³-hybridized carbons (Fsp3) is 0.433. The summed E-state index contributed by atoms with van der Waals surface area (Å²) in [6, 6.07) is 14.1. The summed E-state index contributed by atoms with van der Waals surface area (Å²) in [7, 11) is 0. The van der Waals surface area contributed by atoms with Gasteiger partial charge in [0.05, 0.1) is 23.8 Å². The fourth-order valence-electron chi connectivity index (χ4n) is 5.68. The van der Waals surface area contributed by atoms with Gasteiger partial charge in [-0.25, -0.2) is 4.98 Å². The van der Waals surface area contributed by atoms with E-state index >= 15 is 0 Å². The Morgan fingerprint density at radius 1 is 1.05 bits per heavy atom. The van der Waals surface area contributed by atoms with Crippen LogP contribution in [0.15, 0.2) is 54.9 Å². The molecule has 9 nitrogen and oxygen atoms in total. The van der Waals surface area contributed by atoms with Crippen molar-refractivity contribution in [2.24, 2.45) is 0 Å². The molecule has 2 saturated heterocycles. The molecular formula is C30H38N8O. The molecule has 2 aliphatic rings. The van der Waals surface area contributed by atoms with Crippen LogP contribution in [0.3, 0.4) is 0 Å². The molecular weight excluding hydrogens is 488 g/mol. The Balaban J connectivity index is 1.04. The normalized spacial score (nSPS) is 18.6. The monoisotopic (exact) mass is 526 g/mol. The molecule has 2 aliphatic heterocycles. The SMILES string of the molecule is C[C@H]1CCCN1Cc1nc2ccc(NC(=O)c3ccc(-c4cnn(CCCN5CCNCC5)c4)cc3)cc2[nH]1. The fourth-order valence-corrected chi connectivity index (χ4v) is 5.68. The first kappa shape index (κ1) is 25.7. The summed E-state index contributed by atoms with van der Waals surface area (Å²) < 4.78 is 2.01. The Labute approximate surface area is 229 Å². The van der Waals surface area contributed by atoms with Crippen LogP contribution in [-0.2, 0) is 13.1 Å². The van der Waals surface area contributed by atoms with E-state index in [1.165, 1.54) is 12.8 Å². The van der Waals surface area contributed by atoms with Crippen LogP contribution in [-0.4, -0.2) is 80.8 Å². The number of aryl methyl sites for hydroxylation is 1. The molecule has 2 fully saturated rings. The molecule has 0 unspecified atom stereocenters. The van der Waals surface area contributed by atoms with Gasteiger partial charge < -0.3 is 20.5 Å². The number of anilines is 1. The Hall–Kier alpha value is -3.53. The lowest BCUT2D eigenvalue weighted by molar-refractivity contribution is 0.102. The second kappa shape index (κ2) is 11.7. The number of hydrogen-bond donors (Lipinski definition) is 3. The molecule has 1 amide bonds. The molecule has 0 spiro atoms. The number of hydrogen-bond acceptors (Lipinski definition) is 6. The second-order valence-electron chi connectivity index (χ2n) is 10.8. The van der Waals surface area contributed by atoms with Crippen molar-refractivity contribution in [3.05, 3.63) is 66.2 Å². The van der Waals surface area contributed by atoms with E-state index in [1.54, 1.807) is 0 Å². The number of carbonyl (C=O) groups is 1. The summed E-state index contributed by atoms with van der Waals surface area (Å²) in [6.07, 6.45) is 7.57. The molecule has 9 heteroatoms. The summed E-state index contributed by atoms with van der Waals surface area (Å²) in [5.41, 5.74) is 5.35. The van der Waals surface area contributed by atoms with Gasteiger partial charge in [-0.05, 0) is 75.2 Å². The molecule has 1 atom stereocenters. The number of aromatic amines is 1. The average molecular weight is 527 g/mol. The quantitative estimate of drug-likeness (QED) is 0.306. The van der Waals surface area contributed by atoms with Gasteiger partial charge in [0.15, 0.2) is 0 Å². The van der Waals surface area contributed by atoms with Crippen molar-refractivity contribution in [2.45, 2.75) is 45.3 Å². The number of nitrogens with one attached hydrogen (secondary N) is 3. The molecule has 6 rings (SSSR count). The van der Waals surface area contributed by atoms with Gasteiger partial charge >= 0.3 is 0 Å². The lowest BCUT2D eigenvalue weighted by Gasteiger charge is -2.26. The van der Waals surface area contributed by atoms with Crippen LogP contribution in [0.2, 0.25) is 0 Å². The molecule has 0 bridgehead atoms. The number of nitrogens with zero attached hydrogens (tertiary/aromatic N) is 5. The maximum atomic E-state index is 13.0. The topological polar surface area (TPSA) is 94.1 Å². The van der Waals surface area contributed by atoms with Crippen LogP contribution >= 0.6 is 0 Å². The average Bonchev–Trinajstić information content (AvgIpc) is 3.69. The molecule has 2 aromatic heterocycles. The first-order chi connectivity index (χ1) is 19.1. The van der Waals surface area contributed by atoms with Gasteiger partial charge in [-0.2, -0.15) is 5.10 Å². The smallest absolute Gasteiger partial charge is 0.255 e. The summed E-state index contributed by atoms with van der Waals surface area (Å²) in [4.78, 5) is 26.1. The Bertz CT molecular complexity index is 1400. The molecule has 2 aromatic carbocycles. The van der Waals surface area contributed by atoms with Crippen LogP contribution in [0.5, 0.6) is 0 Å². The largest absolute Gasteiger partial charge is 0.341 e. The highest BCUT2D eigenvalue weighted by Gasteiger charge is 2.21. The van der Waals surface area contributed by atoms with Gasteiger partial charge in [0, 0.05) is 61.8 Å². The zero-order valence-corrected chi connectivity index (χ0v) is 22.7. The van der Waals surface area contributed by atoms with Gasteiger partial charge in [-0.3, -0.25) is 14.4 Å². The van der Waals surface area contributed by atoms with Crippen molar-refractivity contribution >= 4 is 22.6 Å². The van der Waals surface area contributed by atoms with E-state index < -0.39 is 0 Å².